The van der Waals surface area contributed by atoms with Crippen molar-refractivity contribution in [3.8, 4) is 0 Å². The Bertz CT molecular complexity index is 921. The molecule has 0 unspecified atom stereocenters. The second-order valence-corrected chi connectivity index (χ2v) is 7.43. The van der Waals surface area contributed by atoms with Crippen molar-refractivity contribution in [2.75, 3.05) is 10.2 Å². The van der Waals surface area contributed by atoms with Crippen LogP contribution in [0.5, 0.6) is 0 Å². The first-order valence-electron chi connectivity index (χ1n) is 7.58. The highest BCUT2D eigenvalue weighted by molar-refractivity contribution is 7.89. The minimum atomic E-state index is -3.77. The van der Waals surface area contributed by atoms with Crippen molar-refractivity contribution in [2.45, 2.75) is 24.3 Å². The maximum Gasteiger partial charge on any atom is 0.256 e. The number of carbonyl (C=O) groups excluding carboxylic acids is 2. The molecule has 1 saturated heterocycles. The van der Waals surface area contributed by atoms with E-state index in [0.29, 0.717) is 11.4 Å². The molecule has 0 aliphatic carbocycles. The molecule has 0 bridgehead atoms. The summed E-state index contributed by atoms with van der Waals surface area (Å²) in [6.45, 7) is 1.92. The van der Waals surface area contributed by atoms with Crippen molar-refractivity contribution >= 4 is 33.2 Å². The average molecular weight is 359 g/mol. The van der Waals surface area contributed by atoms with Crippen molar-refractivity contribution in [2.24, 2.45) is 5.14 Å². The topological polar surface area (TPSA) is 110 Å². The lowest BCUT2D eigenvalue weighted by atomic mass is 10.2. The van der Waals surface area contributed by atoms with Crippen molar-refractivity contribution in [3.63, 3.8) is 0 Å². The first kappa shape index (κ1) is 17.1. The molecule has 8 heteroatoms. The van der Waals surface area contributed by atoms with Gasteiger partial charge in [-0.15, -0.1) is 0 Å². The number of aryl methyl sites for hydroxylation is 1. The number of hydrogen-bond donors (Lipinski definition) is 2. The molecule has 1 aliphatic rings. The van der Waals surface area contributed by atoms with Crippen LogP contribution in [0.3, 0.4) is 0 Å². The zero-order chi connectivity index (χ0) is 18.2. The number of amides is 2. The van der Waals surface area contributed by atoms with Crippen LogP contribution in [0.15, 0.2) is 53.4 Å². The number of nitrogens with two attached hydrogens (primary N) is 1. The Morgan fingerprint density at radius 1 is 1.04 bits per heavy atom. The Kier molecular flexibility index (Phi) is 4.32. The van der Waals surface area contributed by atoms with Gasteiger partial charge in [0.25, 0.3) is 5.91 Å². The highest BCUT2D eigenvalue weighted by atomic mass is 32.2. The second kappa shape index (κ2) is 6.30. The van der Waals surface area contributed by atoms with E-state index in [-0.39, 0.29) is 23.1 Å². The van der Waals surface area contributed by atoms with Gasteiger partial charge in [0, 0.05) is 5.69 Å². The Morgan fingerprint density at radius 3 is 2.20 bits per heavy atom. The number of nitrogens with zero attached hydrogens (tertiary/aromatic N) is 1. The number of nitrogens with one attached hydrogen (secondary N) is 1. The van der Waals surface area contributed by atoms with Gasteiger partial charge in [0.05, 0.1) is 17.0 Å². The van der Waals surface area contributed by atoms with Crippen molar-refractivity contribution < 1.29 is 18.0 Å². The molecule has 3 rings (SSSR count). The third-order valence-corrected chi connectivity index (χ3v) is 4.89. The van der Waals surface area contributed by atoms with Crippen LogP contribution in [-0.4, -0.2) is 26.3 Å². The highest BCUT2D eigenvalue weighted by Gasteiger charge is 2.39. The predicted molar refractivity (Wildman–Crippen MR) is 93.5 cm³/mol. The molecule has 0 spiro atoms. The quantitative estimate of drug-likeness (QED) is 0.802. The summed E-state index contributed by atoms with van der Waals surface area (Å²) >= 11 is 0. The molecule has 2 aromatic carbocycles. The van der Waals surface area contributed by atoms with Gasteiger partial charge < -0.3 is 5.32 Å². The molecule has 0 radical (unpaired) electrons. The van der Waals surface area contributed by atoms with E-state index in [4.69, 9.17) is 5.14 Å². The van der Waals surface area contributed by atoms with E-state index in [1.54, 1.807) is 12.1 Å². The number of imide groups is 1. The largest absolute Gasteiger partial charge is 0.373 e. The Hall–Kier alpha value is -2.71. The fourth-order valence-electron chi connectivity index (χ4n) is 2.65. The molecular formula is C17H17N3O4S. The Balaban J connectivity index is 1.77. The Labute approximate surface area is 145 Å². The smallest absolute Gasteiger partial charge is 0.256 e. The van der Waals surface area contributed by atoms with Crippen LogP contribution < -0.4 is 15.4 Å². The standard InChI is InChI=1S/C17H17N3O4S/c1-11-2-6-13(7-3-11)20-16(21)10-15(17(20)22)19-12-4-8-14(9-5-12)25(18,23)24/h2-9,15,19H,10H2,1H3,(H2,18,23,24)/t15-/m1/s1. The number of rotatable bonds is 4. The minimum Gasteiger partial charge on any atom is -0.373 e. The van der Waals surface area contributed by atoms with Crippen molar-refractivity contribution in [3.05, 3.63) is 54.1 Å². The van der Waals surface area contributed by atoms with E-state index in [1.165, 1.54) is 24.3 Å². The maximum atomic E-state index is 12.6. The van der Waals surface area contributed by atoms with Crippen LogP contribution in [0.2, 0.25) is 0 Å². The summed E-state index contributed by atoms with van der Waals surface area (Å²) in [5.74, 6) is -0.628. The summed E-state index contributed by atoms with van der Waals surface area (Å²) in [5.41, 5.74) is 2.10. The lowest BCUT2D eigenvalue weighted by Gasteiger charge is -2.16. The van der Waals surface area contributed by atoms with Crippen LogP contribution >= 0.6 is 0 Å². The third kappa shape index (κ3) is 3.54. The lowest BCUT2D eigenvalue weighted by molar-refractivity contribution is -0.121. The van der Waals surface area contributed by atoms with Crippen LogP contribution in [0.1, 0.15) is 12.0 Å². The number of primary sulfonamides is 1. The number of sulfonamides is 1. The van der Waals surface area contributed by atoms with E-state index < -0.39 is 16.1 Å². The van der Waals surface area contributed by atoms with Gasteiger partial charge in [-0.05, 0) is 43.3 Å². The molecule has 1 atom stereocenters. The SMILES string of the molecule is Cc1ccc(N2C(=O)C[C@@H](Nc3ccc(S(N)(=O)=O)cc3)C2=O)cc1. The molecule has 1 aliphatic heterocycles. The van der Waals surface area contributed by atoms with Gasteiger partial charge >= 0.3 is 0 Å². The monoisotopic (exact) mass is 359 g/mol. The zero-order valence-electron chi connectivity index (χ0n) is 13.5. The van der Waals surface area contributed by atoms with Crippen LogP contribution in [-0.2, 0) is 19.6 Å². The van der Waals surface area contributed by atoms with E-state index in [2.05, 4.69) is 5.32 Å². The van der Waals surface area contributed by atoms with E-state index in [9.17, 15) is 18.0 Å². The summed E-state index contributed by atoms with van der Waals surface area (Å²) < 4.78 is 22.5. The first-order valence-corrected chi connectivity index (χ1v) is 9.13. The van der Waals surface area contributed by atoms with Crippen molar-refractivity contribution in [1.82, 2.24) is 0 Å². The molecule has 0 saturated carbocycles. The van der Waals surface area contributed by atoms with Gasteiger partial charge in [-0.3, -0.25) is 9.59 Å². The molecule has 2 aromatic rings. The highest BCUT2D eigenvalue weighted by Crippen LogP contribution is 2.25. The van der Waals surface area contributed by atoms with Crippen LogP contribution in [0.25, 0.3) is 0 Å². The summed E-state index contributed by atoms with van der Waals surface area (Å²) in [4.78, 5) is 25.9. The Morgan fingerprint density at radius 2 is 1.64 bits per heavy atom. The first-order chi connectivity index (χ1) is 11.8. The van der Waals surface area contributed by atoms with Gasteiger partial charge in [0.1, 0.15) is 6.04 Å². The van der Waals surface area contributed by atoms with E-state index in [1.807, 2.05) is 19.1 Å². The number of carbonyl (C=O) groups is 2. The number of benzene rings is 2. The number of anilines is 2. The van der Waals surface area contributed by atoms with Gasteiger partial charge in [0.2, 0.25) is 15.9 Å². The zero-order valence-corrected chi connectivity index (χ0v) is 14.3. The van der Waals surface area contributed by atoms with Gasteiger partial charge in [-0.2, -0.15) is 0 Å². The molecule has 3 N–H and O–H groups in total. The van der Waals surface area contributed by atoms with Crippen LogP contribution in [0.4, 0.5) is 11.4 Å². The predicted octanol–water partition coefficient (Wildman–Crippen LogP) is 1.39. The third-order valence-electron chi connectivity index (χ3n) is 3.96. The van der Waals surface area contributed by atoms with Crippen molar-refractivity contribution in [1.29, 1.82) is 0 Å². The van der Waals surface area contributed by atoms with Gasteiger partial charge in [-0.1, -0.05) is 17.7 Å². The van der Waals surface area contributed by atoms with E-state index in [0.717, 1.165) is 10.5 Å². The molecule has 1 fully saturated rings. The normalized spacial score (nSPS) is 17.8. The molecule has 130 valence electrons. The molecule has 7 nitrogen and oxygen atoms in total. The lowest BCUT2D eigenvalue weighted by Crippen LogP contribution is -2.34. The summed E-state index contributed by atoms with van der Waals surface area (Å²) in [6.07, 6.45) is 0.0314. The average Bonchev–Trinajstić information content (AvgIpc) is 2.82. The molecule has 2 amide bonds. The molecule has 25 heavy (non-hydrogen) atoms. The fourth-order valence-corrected chi connectivity index (χ4v) is 3.17. The second-order valence-electron chi connectivity index (χ2n) is 5.87. The van der Waals surface area contributed by atoms with Gasteiger partial charge in [0.15, 0.2) is 0 Å². The molecule has 0 aromatic heterocycles. The van der Waals surface area contributed by atoms with E-state index >= 15 is 0 Å². The maximum absolute atomic E-state index is 12.6. The van der Waals surface area contributed by atoms with Gasteiger partial charge in [-0.25, -0.2) is 18.5 Å². The minimum absolute atomic E-state index is 0.0202. The summed E-state index contributed by atoms with van der Waals surface area (Å²) in [6, 6.07) is 12.1. The summed E-state index contributed by atoms with van der Waals surface area (Å²) in [7, 11) is -3.77. The molecule has 1 heterocycles. The number of hydrogen-bond acceptors (Lipinski definition) is 5. The molecular weight excluding hydrogens is 342 g/mol. The van der Waals surface area contributed by atoms with Crippen LogP contribution in [0, 0.1) is 6.92 Å². The fraction of sp³-hybridized carbons (Fsp3) is 0.176. The summed E-state index contributed by atoms with van der Waals surface area (Å²) in [5, 5.41) is 8.01.